The molecule has 0 radical (unpaired) electrons. The third-order valence-electron chi connectivity index (χ3n) is 4.90. The van der Waals surface area contributed by atoms with Crippen LogP contribution in [-0.2, 0) is 19.5 Å². The number of nitrogen functional groups attached to an aromatic ring is 1. The fourth-order valence-electron chi connectivity index (χ4n) is 3.16. The number of rotatable bonds is 3. The van der Waals surface area contributed by atoms with Gasteiger partial charge in [-0.2, -0.15) is 0 Å². The van der Waals surface area contributed by atoms with Crippen LogP contribution in [0.5, 0.6) is 0 Å². The Morgan fingerprint density at radius 3 is 0.731 bits per heavy atom. The second kappa shape index (κ2) is 16.8. The number of nitrogens with zero attached hydrogens (tertiary/aromatic N) is 6. The summed E-state index contributed by atoms with van der Waals surface area (Å²) in [5.74, 6) is 0. The normalized spacial score (nSPS) is 13.2. The molecule has 22 heteroatoms. The van der Waals surface area contributed by atoms with Gasteiger partial charge in [-0.25, -0.2) is 0 Å². The molecule has 6 heterocycles. The van der Waals surface area contributed by atoms with Gasteiger partial charge in [0.1, 0.15) is 0 Å². The summed E-state index contributed by atoms with van der Waals surface area (Å²) in [5.41, 5.74) is 11.6. The summed E-state index contributed by atoms with van der Waals surface area (Å²) >= 11 is 0. The topological polar surface area (TPSA) is 103 Å². The average molecular weight is 875 g/mol. The maximum absolute atomic E-state index is 10.7. The summed E-state index contributed by atoms with van der Waals surface area (Å²) < 4.78 is 118. The van der Waals surface area contributed by atoms with Crippen LogP contribution >= 0.6 is 15.6 Å². The van der Waals surface area contributed by atoms with Crippen molar-refractivity contribution in [3.63, 3.8) is 0 Å². The summed E-state index contributed by atoms with van der Waals surface area (Å²) in [4.78, 5) is 25.1. The van der Waals surface area contributed by atoms with Crippen molar-refractivity contribution in [2.75, 3.05) is 5.73 Å². The first-order valence-electron chi connectivity index (χ1n) is 13.6. The largest absolute Gasteiger partial charge is 2.00 e. The summed E-state index contributed by atoms with van der Waals surface area (Å²) in [7, 11) is -21.3. The van der Waals surface area contributed by atoms with Crippen LogP contribution in [-0.4, -0.2) is 29.9 Å². The Morgan fingerprint density at radius 1 is 0.327 bits per heavy atom. The van der Waals surface area contributed by atoms with Crippen molar-refractivity contribution < 1.29 is 69.8 Å². The van der Waals surface area contributed by atoms with E-state index in [-0.39, 0.29) is 19.5 Å². The molecule has 0 saturated carbocycles. The molecule has 0 aliphatic rings. The molecular formula is C30H25F12N7P2Ru. The Bertz CT molecular complexity index is 1720. The van der Waals surface area contributed by atoms with Crippen molar-refractivity contribution >= 4 is 21.3 Å². The molecule has 6 aromatic rings. The van der Waals surface area contributed by atoms with Crippen LogP contribution in [0.3, 0.4) is 0 Å². The van der Waals surface area contributed by atoms with Gasteiger partial charge >= 0.3 is 85.5 Å². The van der Waals surface area contributed by atoms with Crippen LogP contribution in [0.25, 0.3) is 34.2 Å². The third-order valence-corrected chi connectivity index (χ3v) is 4.90. The first-order chi connectivity index (χ1) is 23.2. The molecular weight excluding hydrogens is 849 g/mol. The van der Waals surface area contributed by atoms with E-state index < -0.39 is 15.6 Å². The molecule has 0 atom stereocenters. The SMILES string of the molecule is F[P-](F)(F)(F)(F)F.F[P-](F)(F)(F)(F)F.Nc1ccnc(-c2ccccn2)c1.[Ru+2].c1ccc(-c2ccccn2)nc1.c1ccc(-c2ccccn2)nc1. The molecule has 0 unspecified atom stereocenters. The quantitative estimate of drug-likeness (QED) is 0.107. The molecule has 0 amide bonds. The van der Waals surface area contributed by atoms with Crippen molar-refractivity contribution in [3.05, 3.63) is 140 Å². The molecule has 0 aromatic carbocycles. The van der Waals surface area contributed by atoms with Gasteiger partial charge in [-0.05, 0) is 72.8 Å². The van der Waals surface area contributed by atoms with Crippen molar-refractivity contribution in [1.82, 2.24) is 29.9 Å². The van der Waals surface area contributed by atoms with Crippen molar-refractivity contribution in [2.24, 2.45) is 0 Å². The second-order valence-electron chi connectivity index (χ2n) is 9.47. The zero-order valence-electron chi connectivity index (χ0n) is 25.8. The van der Waals surface area contributed by atoms with Gasteiger partial charge in [-0.15, -0.1) is 0 Å². The summed E-state index contributed by atoms with van der Waals surface area (Å²) in [5, 5.41) is 0. The number of halogens is 12. The predicted molar refractivity (Wildman–Crippen MR) is 174 cm³/mol. The zero-order valence-corrected chi connectivity index (χ0v) is 29.4. The van der Waals surface area contributed by atoms with E-state index in [1.54, 1.807) is 43.2 Å². The smallest absolute Gasteiger partial charge is 0.399 e. The van der Waals surface area contributed by atoms with Crippen LogP contribution < -0.4 is 5.73 Å². The van der Waals surface area contributed by atoms with E-state index in [1.165, 1.54) is 0 Å². The molecule has 2 N–H and O–H groups in total. The molecule has 0 spiro atoms. The summed E-state index contributed by atoms with van der Waals surface area (Å²) in [6.45, 7) is 0. The minimum Gasteiger partial charge on any atom is -0.399 e. The monoisotopic (exact) mass is 875 g/mol. The molecule has 7 nitrogen and oxygen atoms in total. The van der Waals surface area contributed by atoms with Gasteiger partial charge in [0.05, 0.1) is 34.2 Å². The van der Waals surface area contributed by atoms with Crippen molar-refractivity contribution in [3.8, 4) is 34.2 Å². The van der Waals surface area contributed by atoms with E-state index in [2.05, 4.69) is 29.9 Å². The molecule has 0 fully saturated rings. The van der Waals surface area contributed by atoms with E-state index in [1.807, 2.05) is 97.1 Å². The van der Waals surface area contributed by atoms with Gasteiger partial charge in [-0.3, -0.25) is 29.9 Å². The number of hydrogen-bond acceptors (Lipinski definition) is 7. The average Bonchev–Trinajstić information content (AvgIpc) is 3.05. The Labute approximate surface area is 300 Å². The number of hydrogen-bond donors (Lipinski definition) is 1. The molecule has 0 saturated heterocycles. The first kappa shape index (κ1) is 45.4. The molecule has 282 valence electrons. The predicted octanol–water partition coefficient (Wildman–Crippen LogP) is 12.8. The van der Waals surface area contributed by atoms with Gasteiger partial charge in [0.15, 0.2) is 0 Å². The van der Waals surface area contributed by atoms with Crippen LogP contribution in [0.4, 0.5) is 56.1 Å². The van der Waals surface area contributed by atoms with Crippen LogP contribution in [0.15, 0.2) is 140 Å². The number of nitrogens with two attached hydrogens (primary N) is 1. The molecule has 6 rings (SSSR count). The Hall–Kier alpha value is -4.66. The Kier molecular flexibility index (Phi) is 14.6. The van der Waals surface area contributed by atoms with Gasteiger partial charge in [0.25, 0.3) is 0 Å². The van der Waals surface area contributed by atoms with Crippen LogP contribution in [0, 0.1) is 0 Å². The Balaban J connectivity index is 0.000000332. The standard InChI is InChI=1S/C10H9N3.2C10H8N2.2F6P.Ru/c11-8-4-6-13-10(7-8)9-3-1-2-5-12-9;2*1-3-7-11-9(5-1)10-6-2-4-8-12-10;2*1-7(2,3,4,5)6;/h1-7H,(H2,11,13);2*1-8H;;;/q;;;2*-1;+2. The van der Waals surface area contributed by atoms with E-state index in [4.69, 9.17) is 5.73 Å². The maximum atomic E-state index is 9.87. The van der Waals surface area contributed by atoms with Gasteiger partial charge in [0.2, 0.25) is 0 Å². The van der Waals surface area contributed by atoms with Crippen LogP contribution in [0.1, 0.15) is 0 Å². The van der Waals surface area contributed by atoms with Crippen molar-refractivity contribution in [2.45, 2.75) is 0 Å². The van der Waals surface area contributed by atoms with E-state index >= 15 is 0 Å². The molecule has 0 aliphatic heterocycles. The fraction of sp³-hybridized carbons (Fsp3) is 0. The summed E-state index contributed by atoms with van der Waals surface area (Å²) in [6, 6.07) is 32.5. The van der Waals surface area contributed by atoms with Gasteiger partial charge in [-0.1, -0.05) is 30.3 Å². The fourth-order valence-corrected chi connectivity index (χ4v) is 3.16. The molecule has 0 aliphatic carbocycles. The van der Waals surface area contributed by atoms with Crippen molar-refractivity contribution in [1.29, 1.82) is 0 Å². The summed E-state index contributed by atoms with van der Waals surface area (Å²) in [6.07, 6.45) is 10.5. The minimum atomic E-state index is -10.7. The minimum absolute atomic E-state index is 0. The zero-order chi connectivity index (χ0) is 38.4. The number of anilines is 1. The second-order valence-corrected chi connectivity index (χ2v) is 13.3. The van der Waals surface area contributed by atoms with E-state index in [0.717, 1.165) is 34.2 Å². The maximum Gasteiger partial charge on any atom is 2.00 e. The molecule has 6 aromatic heterocycles. The van der Waals surface area contributed by atoms with Gasteiger partial charge < -0.3 is 5.73 Å². The van der Waals surface area contributed by atoms with Gasteiger partial charge in [0, 0.05) is 42.9 Å². The van der Waals surface area contributed by atoms with E-state index in [0.29, 0.717) is 5.69 Å². The molecule has 0 bridgehead atoms. The number of pyridine rings is 6. The Morgan fingerprint density at radius 2 is 0.538 bits per heavy atom. The number of aromatic nitrogens is 6. The van der Waals surface area contributed by atoms with Crippen LogP contribution in [0.2, 0.25) is 0 Å². The first-order valence-corrected chi connectivity index (χ1v) is 17.7. The van der Waals surface area contributed by atoms with E-state index in [9.17, 15) is 50.4 Å². The third kappa shape index (κ3) is 27.1. The molecule has 52 heavy (non-hydrogen) atoms.